The average Bonchev–Trinajstić information content (AvgIpc) is 2.86. The molecule has 1 aliphatic heterocycles. The first-order valence-electron chi connectivity index (χ1n) is 7.98. The number of benzene rings is 1. The molecule has 1 aromatic carbocycles. The SMILES string of the molecule is Cc1cccc(N2CCN(CC3(N)CCCC3)CC2)c1. The first-order valence-corrected chi connectivity index (χ1v) is 7.98. The van der Waals surface area contributed by atoms with Crippen LogP contribution in [0.4, 0.5) is 5.69 Å². The molecule has 2 fully saturated rings. The van der Waals surface area contributed by atoms with Gasteiger partial charge in [-0.1, -0.05) is 25.0 Å². The number of anilines is 1. The van der Waals surface area contributed by atoms with Crippen LogP contribution in [0.25, 0.3) is 0 Å². The van der Waals surface area contributed by atoms with E-state index in [1.807, 2.05) is 0 Å². The first-order chi connectivity index (χ1) is 9.65. The Kier molecular flexibility index (Phi) is 3.99. The second kappa shape index (κ2) is 5.74. The number of hydrogen-bond acceptors (Lipinski definition) is 3. The molecule has 0 amide bonds. The maximum Gasteiger partial charge on any atom is 0.0369 e. The minimum Gasteiger partial charge on any atom is -0.369 e. The number of aryl methyl sites for hydroxylation is 1. The molecule has 1 saturated heterocycles. The lowest BCUT2D eigenvalue weighted by atomic mass is 9.98. The third kappa shape index (κ3) is 3.15. The Labute approximate surface area is 122 Å². The van der Waals surface area contributed by atoms with Gasteiger partial charge in [0.2, 0.25) is 0 Å². The van der Waals surface area contributed by atoms with E-state index in [4.69, 9.17) is 5.73 Å². The van der Waals surface area contributed by atoms with Crippen molar-refractivity contribution in [2.75, 3.05) is 37.6 Å². The molecule has 2 aliphatic rings. The minimum atomic E-state index is 0.103. The van der Waals surface area contributed by atoms with Crippen LogP contribution >= 0.6 is 0 Å². The number of hydrogen-bond donors (Lipinski definition) is 1. The normalized spacial score (nSPS) is 23.2. The van der Waals surface area contributed by atoms with E-state index in [9.17, 15) is 0 Å². The molecule has 0 spiro atoms. The topological polar surface area (TPSA) is 32.5 Å². The quantitative estimate of drug-likeness (QED) is 0.918. The maximum atomic E-state index is 6.50. The van der Waals surface area contributed by atoms with Gasteiger partial charge in [-0.2, -0.15) is 0 Å². The summed E-state index contributed by atoms with van der Waals surface area (Å²) in [7, 11) is 0. The van der Waals surface area contributed by atoms with Gasteiger partial charge in [0.1, 0.15) is 0 Å². The average molecular weight is 273 g/mol. The smallest absolute Gasteiger partial charge is 0.0369 e. The fourth-order valence-corrected chi connectivity index (χ4v) is 3.67. The fourth-order valence-electron chi connectivity index (χ4n) is 3.67. The summed E-state index contributed by atoms with van der Waals surface area (Å²) in [6.07, 6.45) is 5.07. The van der Waals surface area contributed by atoms with E-state index in [0.29, 0.717) is 0 Å². The monoisotopic (exact) mass is 273 g/mol. The van der Waals surface area contributed by atoms with Crippen molar-refractivity contribution < 1.29 is 0 Å². The van der Waals surface area contributed by atoms with Crippen LogP contribution < -0.4 is 10.6 Å². The molecule has 0 bridgehead atoms. The molecule has 0 radical (unpaired) electrons. The molecule has 110 valence electrons. The Morgan fingerprint density at radius 3 is 2.45 bits per heavy atom. The highest BCUT2D eigenvalue weighted by atomic mass is 15.3. The lowest BCUT2D eigenvalue weighted by Crippen LogP contribution is -2.54. The van der Waals surface area contributed by atoms with Crippen molar-refractivity contribution in [1.82, 2.24) is 4.90 Å². The van der Waals surface area contributed by atoms with Crippen LogP contribution in [0, 0.1) is 6.92 Å². The molecule has 3 heteroatoms. The van der Waals surface area contributed by atoms with Crippen LogP contribution in [0.5, 0.6) is 0 Å². The molecule has 1 aromatic rings. The van der Waals surface area contributed by atoms with Crippen LogP contribution in [0.1, 0.15) is 31.2 Å². The van der Waals surface area contributed by atoms with Crippen molar-refractivity contribution in [1.29, 1.82) is 0 Å². The third-order valence-corrected chi connectivity index (χ3v) is 4.88. The predicted molar refractivity (Wildman–Crippen MR) is 85.2 cm³/mol. The molecule has 0 unspecified atom stereocenters. The van der Waals surface area contributed by atoms with Gasteiger partial charge in [0, 0.05) is 44.0 Å². The molecule has 0 atom stereocenters. The standard InChI is InChI=1S/C17H27N3/c1-15-5-4-6-16(13-15)20-11-9-19(10-12-20)14-17(18)7-2-3-8-17/h4-6,13H,2-3,7-12,14,18H2,1H3. The molecule has 1 aliphatic carbocycles. The molecular formula is C17H27N3. The number of piperazine rings is 1. The Balaban J connectivity index is 1.54. The van der Waals surface area contributed by atoms with E-state index in [1.165, 1.54) is 36.9 Å². The number of nitrogens with two attached hydrogens (primary N) is 1. The lowest BCUT2D eigenvalue weighted by Gasteiger charge is -2.39. The molecule has 3 rings (SSSR count). The number of rotatable bonds is 3. The summed E-state index contributed by atoms with van der Waals surface area (Å²) >= 11 is 0. The second-order valence-electron chi connectivity index (χ2n) is 6.67. The van der Waals surface area contributed by atoms with Crippen molar-refractivity contribution in [3.63, 3.8) is 0 Å². The van der Waals surface area contributed by atoms with E-state index in [1.54, 1.807) is 0 Å². The Morgan fingerprint density at radius 1 is 1.10 bits per heavy atom. The molecule has 20 heavy (non-hydrogen) atoms. The van der Waals surface area contributed by atoms with E-state index < -0.39 is 0 Å². The van der Waals surface area contributed by atoms with Crippen LogP contribution in [-0.2, 0) is 0 Å². The summed E-state index contributed by atoms with van der Waals surface area (Å²) in [5.41, 5.74) is 9.32. The van der Waals surface area contributed by atoms with Crippen LogP contribution in [0.15, 0.2) is 24.3 Å². The highest BCUT2D eigenvalue weighted by Crippen LogP contribution is 2.28. The summed E-state index contributed by atoms with van der Waals surface area (Å²) in [6, 6.07) is 8.84. The highest BCUT2D eigenvalue weighted by Gasteiger charge is 2.32. The summed E-state index contributed by atoms with van der Waals surface area (Å²) in [5.74, 6) is 0. The van der Waals surface area contributed by atoms with Gasteiger partial charge in [0.25, 0.3) is 0 Å². The van der Waals surface area contributed by atoms with Crippen LogP contribution in [0.3, 0.4) is 0 Å². The molecule has 1 heterocycles. The van der Waals surface area contributed by atoms with Gasteiger partial charge in [0.15, 0.2) is 0 Å². The fraction of sp³-hybridized carbons (Fsp3) is 0.647. The largest absolute Gasteiger partial charge is 0.369 e. The van der Waals surface area contributed by atoms with Crippen molar-refractivity contribution >= 4 is 5.69 Å². The zero-order valence-corrected chi connectivity index (χ0v) is 12.6. The lowest BCUT2D eigenvalue weighted by molar-refractivity contribution is 0.199. The van der Waals surface area contributed by atoms with Gasteiger partial charge >= 0.3 is 0 Å². The predicted octanol–water partition coefficient (Wildman–Crippen LogP) is 2.39. The van der Waals surface area contributed by atoms with E-state index in [-0.39, 0.29) is 5.54 Å². The Hall–Kier alpha value is -1.06. The van der Waals surface area contributed by atoms with Crippen molar-refractivity contribution in [2.24, 2.45) is 5.73 Å². The highest BCUT2D eigenvalue weighted by molar-refractivity contribution is 5.48. The van der Waals surface area contributed by atoms with E-state index in [2.05, 4.69) is 41.0 Å². The van der Waals surface area contributed by atoms with E-state index in [0.717, 1.165) is 32.7 Å². The van der Waals surface area contributed by atoms with Gasteiger partial charge in [-0.25, -0.2) is 0 Å². The van der Waals surface area contributed by atoms with E-state index >= 15 is 0 Å². The third-order valence-electron chi connectivity index (χ3n) is 4.88. The van der Waals surface area contributed by atoms with Crippen LogP contribution in [-0.4, -0.2) is 43.2 Å². The van der Waals surface area contributed by atoms with Crippen molar-refractivity contribution in [3.8, 4) is 0 Å². The molecule has 2 N–H and O–H groups in total. The number of nitrogens with zero attached hydrogens (tertiary/aromatic N) is 2. The molecule has 1 saturated carbocycles. The zero-order valence-electron chi connectivity index (χ0n) is 12.6. The van der Waals surface area contributed by atoms with Crippen molar-refractivity contribution in [3.05, 3.63) is 29.8 Å². The summed E-state index contributed by atoms with van der Waals surface area (Å²) in [6.45, 7) is 7.80. The molecular weight excluding hydrogens is 246 g/mol. The Morgan fingerprint density at radius 2 is 1.80 bits per heavy atom. The van der Waals surface area contributed by atoms with Gasteiger partial charge in [-0.05, 0) is 37.5 Å². The van der Waals surface area contributed by atoms with Gasteiger partial charge < -0.3 is 10.6 Å². The van der Waals surface area contributed by atoms with Gasteiger partial charge in [-0.15, -0.1) is 0 Å². The summed E-state index contributed by atoms with van der Waals surface area (Å²) < 4.78 is 0. The maximum absolute atomic E-state index is 6.50. The van der Waals surface area contributed by atoms with Gasteiger partial charge in [0.05, 0.1) is 0 Å². The summed E-state index contributed by atoms with van der Waals surface area (Å²) in [5, 5.41) is 0. The van der Waals surface area contributed by atoms with Gasteiger partial charge in [-0.3, -0.25) is 4.90 Å². The van der Waals surface area contributed by atoms with Crippen LogP contribution in [0.2, 0.25) is 0 Å². The molecule has 0 aromatic heterocycles. The minimum absolute atomic E-state index is 0.103. The first kappa shape index (κ1) is 13.9. The second-order valence-corrected chi connectivity index (χ2v) is 6.67. The molecule has 3 nitrogen and oxygen atoms in total. The zero-order chi connectivity index (χ0) is 14.0. The Bertz CT molecular complexity index is 443. The summed E-state index contributed by atoms with van der Waals surface area (Å²) in [4.78, 5) is 5.07. The van der Waals surface area contributed by atoms with Crippen molar-refractivity contribution in [2.45, 2.75) is 38.1 Å².